The summed E-state index contributed by atoms with van der Waals surface area (Å²) in [4.78, 5) is 8.47. The van der Waals surface area contributed by atoms with Crippen molar-refractivity contribution in [1.82, 2.24) is 15.5 Å². The minimum atomic E-state index is 0.698. The summed E-state index contributed by atoms with van der Waals surface area (Å²) >= 11 is 1.78. The molecule has 1 saturated heterocycles. The highest BCUT2D eigenvalue weighted by Gasteiger charge is 2.09. The van der Waals surface area contributed by atoms with Gasteiger partial charge in [0.05, 0.1) is 19.8 Å². The van der Waals surface area contributed by atoms with Gasteiger partial charge in [0.15, 0.2) is 5.96 Å². The Hall–Kier alpha value is -1.24. The second kappa shape index (κ2) is 10.6. The Bertz CT molecular complexity index is 530. The van der Waals surface area contributed by atoms with Crippen LogP contribution in [0.25, 0.3) is 0 Å². The fourth-order valence-electron chi connectivity index (χ4n) is 2.65. The zero-order valence-electron chi connectivity index (χ0n) is 15.1. The highest BCUT2D eigenvalue weighted by molar-refractivity contribution is 7.98. The first-order chi connectivity index (χ1) is 11.7. The van der Waals surface area contributed by atoms with Gasteiger partial charge in [-0.1, -0.05) is 12.1 Å². The number of aliphatic imine (C=N–C) groups is 1. The maximum atomic E-state index is 5.38. The molecule has 2 rings (SSSR count). The Morgan fingerprint density at radius 2 is 2.08 bits per heavy atom. The third-order valence-corrected chi connectivity index (χ3v) is 4.84. The lowest BCUT2D eigenvalue weighted by atomic mass is 10.1. The maximum Gasteiger partial charge on any atom is 0.191 e. The monoisotopic (exact) mass is 350 g/mol. The van der Waals surface area contributed by atoms with Crippen molar-refractivity contribution in [1.29, 1.82) is 0 Å². The molecule has 0 amide bonds. The van der Waals surface area contributed by atoms with Crippen LogP contribution in [0.1, 0.15) is 18.1 Å². The average Bonchev–Trinajstić information content (AvgIpc) is 2.61. The summed E-state index contributed by atoms with van der Waals surface area (Å²) in [6.45, 7) is 11.5. The quantitative estimate of drug-likeness (QED) is 0.448. The van der Waals surface area contributed by atoms with Gasteiger partial charge in [0.1, 0.15) is 0 Å². The Kier molecular flexibility index (Phi) is 8.42. The van der Waals surface area contributed by atoms with E-state index < -0.39 is 0 Å². The molecule has 134 valence electrons. The third-order valence-electron chi connectivity index (χ3n) is 4.02. The van der Waals surface area contributed by atoms with Crippen molar-refractivity contribution in [3.63, 3.8) is 0 Å². The van der Waals surface area contributed by atoms with Crippen LogP contribution in [0.3, 0.4) is 0 Å². The van der Waals surface area contributed by atoms with Crippen LogP contribution >= 0.6 is 11.8 Å². The lowest BCUT2D eigenvalue weighted by Crippen LogP contribution is -2.44. The molecule has 24 heavy (non-hydrogen) atoms. The topological polar surface area (TPSA) is 48.9 Å². The minimum absolute atomic E-state index is 0.698. The second-order valence-electron chi connectivity index (χ2n) is 5.89. The van der Waals surface area contributed by atoms with Gasteiger partial charge < -0.3 is 15.4 Å². The number of rotatable bonds is 7. The Balaban J connectivity index is 1.87. The summed E-state index contributed by atoms with van der Waals surface area (Å²) in [6, 6.07) is 6.57. The summed E-state index contributed by atoms with van der Waals surface area (Å²) in [5.41, 5.74) is 2.57. The van der Waals surface area contributed by atoms with Crippen LogP contribution in [0.5, 0.6) is 0 Å². The van der Waals surface area contributed by atoms with E-state index in [2.05, 4.69) is 53.8 Å². The first-order valence-electron chi connectivity index (χ1n) is 8.68. The molecule has 1 aromatic carbocycles. The van der Waals surface area contributed by atoms with E-state index in [4.69, 9.17) is 9.73 Å². The van der Waals surface area contributed by atoms with Gasteiger partial charge in [-0.2, -0.15) is 0 Å². The summed E-state index contributed by atoms with van der Waals surface area (Å²) < 4.78 is 5.38. The van der Waals surface area contributed by atoms with Crippen LogP contribution in [0.15, 0.2) is 28.1 Å². The van der Waals surface area contributed by atoms with Gasteiger partial charge in [-0.05, 0) is 37.3 Å². The van der Waals surface area contributed by atoms with Gasteiger partial charge in [0.2, 0.25) is 0 Å². The number of hydrogen-bond acceptors (Lipinski definition) is 4. The van der Waals surface area contributed by atoms with Gasteiger partial charge in [-0.3, -0.25) is 4.90 Å². The lowest BCUT2D eigenvalue weighted by molar-refractivity contribution is 0.0389. The first-order valence-corrected chi connectivity index (χ1v) is 9.91. The average molecular weight is 351 g/mol. The highest BCUT2D eigenvalue weighted by atomic mass is 32.2. The predicted octanol–water partition coefficient (Wildman–Crippen LogP) is 2.10. The van der Waals surface area contributed by atoms with E-state index in [0.29, 0.717) is 6.54 Å². The number of benzene rings is 1. The van der Waals surface area contributed by atoms with E-state index in [0.717, 1.165) is 51.9 Å². The van der Waals surface area contributed by atoms with Crippen LogP contribution in [0.4, 0.5) is 0 Å². The molecule has 0 saturated carbocycles. The fourth-order valence-corrected chi connectivity index (χ4v) is 3.34. The van der Waals surface area contributed by atoms with Gasteiger partial charge in [-0.15, -0.1) is 11.8 Å². The maximum absolute atomic E-state index is 5.38. The van der Waals surface area contributed by atoms with E-state index in [-0.39, 0.29) is 0 Å². The van der Waals surface area contributed by atoms with Crippen molar-refractivity contribution >= 4 is 17.7 Å². The van der Waals surface area contributed by atoms with Gasteiger partial charge in [0, 0.05) is 37.6 Å². The molecule has 0 bridgehead atoms. The molecule has 1 heterocycles. The van der Waals surface area contributed by atoms with Crippen LogP contribution in [0.2, 0.25) is 0 Å². The number of ether oxygens (including phenoxy) is 1. The molecule has 1 fully saturated rings. The number of guanidine groups is 1. The normalized spacial score (nSPS) is 16.2. The lowest BCUT2D eigenvalue weighted by Gasteiger charge is -2.26. The predicted molar refractivity (Wildman–Crippen MR) is 103 cm³/mol. The Morgan fingerprint density at radius 1 is 1.29 bits per heavy atom. The molecule has 0 spiro atoms. The molecule has 5 nitrogen and oxygen atoms in total. The summed E-state index contributed by atoms with van der Waals surface area (Å²) in [5.74, 6) is 0.887. The number of morpholine rings is 1. The summed E-state index contributed by atoms with van der Waals surface area (Å²) in [5, 5.41) is 6.77. The van der Waals surface area contributed by atoms with Crippen LogP contribution in [0, 0.1) is 6.92 Å². The highest BCUT2D eigenvalue weighted by Crippen LogP contribution is 2.22. The van der Waals surface area contributed by atoms with Crippen molar-refractivity contribution < 1.29 is 4.74 Å². The SMILES string of the molecule is CCNC(=NCc1ccc(C)cc1SC)NCCN1CCOCC1. The number of aryl methyl sites for hydroxylation is 1. The van der Waals surface area contributed by atoms with Gasteiger partial charge in [0.25, 0.3) is 0 Å². The second-order valence-corrected chi connectivity index (χ2v) is 6.74. The number of nitrogens with one attached hydrogen (secondary N) is 2. The molecule has 0 radical (unpaired) electrons. The Labute approximate surface area is 150 Å². The van der Waals surface area contributed by atoms with E-state index in [1.807, 2.05) is 0 Å². The zero-order chi connectivity index (χ0) is 17.2. The van der Waals surface area contributed by atoms with E-state index in [9.17, 15) is 0 Å². The van der Waals surface area contributed by atoms with Gasteiger partial charge in [-0.25, -0.2) is 4.99 Å². The van der Waals surface area contributed by atoms with Crippen LogP contribution < -0.4 is 10.6 Å². The summed E-state index contributed by atoms with van der Waals surface area (Å²) in [7, 11) is 0. The standard InChI is InChI=1S/C18H30N4OS/c1-4-19-18(20-7-8-22-9-11-23-12-10-22)21-14-16-6-5-15(2)13-17(16)24-3/h5-6,13H,4,7-12,14H2,1-3H3,(H2,19,20,21). The first kappa shape index (κ1) is 19.1. The molecular weight excluding hydrogens is 320 g/mol. The van der Waals surface area contributed by atoms with E-state index in [1.54, 1.807) is 11.8 Å². The molecule has 0 unspecified atom stereocenters. The summed E-state index contributed by atoms with van der Waals surface area (Å²) in [6.07, 6.45) is 2.12. The molecule has 0 aromatic heterocycles. The zero-order valence-corrected chi connectivity index (χ0v) is 15.9. The van der Waals surface area contributed by atoms with Crippen molar-refractivity contribution in [2.75, 3.05) is 52.2 Å². The van der Waals surface area contributed by atoms with Gasteiger partial charge >= 0.3 is 0 Å². The van der Waals surface area contributed by atoms with Crippen LogP contribution in [-0.2, 0) is 11.3 Å². The van der Waals surface area contributed by atoms with Crippen LogP contribution in [-0.4, -0.2) is 63.1 Å². The van der Waals surface area contributed by atoms with Crippen molar-refractivity contribution in [3.8, 4) is 0 Å². The van der Waals surface area contributed by atoms with Crippen molar-refractivity contribution in [2.24, 2.45) is 4.99 Å². The molecule has 6 heteroatoms. The molecule has 2 N–H and O–H groups in total. The Morgan fingerprint density at radius 3 is 2.79 bits per heavy atom. The van der Waals surface area contributed by atoms with E-state index >= 15 is 0 Å². The number of hydrogen-bond donors (Lipinski definition) is 2. The molecule has 1 aliphatic heterocycles. The minimum Gasteiger partial charge on any atom is -0.379 e. The molecule has 1 aliphatic rings. The molecule has 0 atom stereocenters. The smallest absolute Gasteiger partial charge is 0.191 e. The number of nitrogens with zero attached hydrogens (tertiary/aromatic N) is 2. The third kappa shape index (κ3) is 6.34. The van der Waals surface area contributed by atoms with Crippen molar-refractivity contribution in [3.05, 3.63) is 29.3 Å². The number of thioether (sulfide) groups is 1. The molecular formula is C18H30N4OS. The molecule has 0 aliphatic carbocycles. The van der Waals surface area contributed by atoms with E-state index in [1.165, 1.54) is 16.0 Å². The fraction of sp³-hybridized carbons (Fsp3) is 0.611. The molecule has 1 aromatic rings. The largest absolute Gasteiger partial charge is 0.379 e. The van der Waals surface area contributed by atoms with Crippen molar-refractivity contribution in [2.45, 2.75) is 25.3 Å².